The van der Waals surface area contributed by atoms with Crippen molar-refractivity contribution in [1.29, 1.82) is 0 Å². The first-order chi connectivity index (χ1) is 9.65. The summed E-state index contributed by atoms with van der Waals surface area (Å²) < 4.78 is 1.16. The third-order valence-corrected chi connectivity index (χ3v) is 5.14. The van der Waals surface area contributed by atoms with E-state index in [4.69, 9.17) is 0 Å². The molecule has 0 aromatic heterocycles. The van der Waals surface area contributed by atoms with Gasteiger partial charge >= 0.3 is 0 Å². The van der Waals surface area contributed by atoms with Crippen molar-refractivity contribution in [2.45, 2.75) is 39.2 Å². The van der Waals surface area contributed by atoms with Crippen molar-refractivity contribution in [3.63, 3.8) is 0 Å². The fourth-order valence-corrected chi connectivity index (χ4v) is 3.30. The van der Waals surface area contributed by atoms with Gasteiger partial charge in [-0.25, -0.2) is 0 Å². The van der Waals surface area contributed by atoms with Gasteiger partial charge in [-0.1, -0.05) is 13.0 Å². The number of piperidine rings is 1. The summed E-state index contributed by atoms with van der Waals surface area (Å²) in [6, 6.07) is 6.39. The average Bonchev–Trinajstić information content (AvgIpc) is 2.48. The van der Waals surface area contributed by atoms with Crippen molar-refractivity contribution in [3.8, 4) is 0 Å². The Kier molecular flexibility index (Phi) is 5.84. The SMILES string of the molecule is CCCN(C(=O)c1cccc(I)c1C)C1CCNCC1. The molecule has 0 spiro atoms. The highest BCUT2D eigenvalue weighted by atomic mass is 127. The van der Waals surface area contributed by atoms with E-state index in [9.17, 15) is 4.79 Å². The van der Waals surface area contributed by atoms with Crippen molar-refractivity contribution in [2.75, 3.05) is 19.6 Å². The molecule has 0 saturated carbocycles. The van der Waals surface area contributed by atoms with Crippen LogP contribution in [-0.4, -0.2) is 36.5 Å². The number of nitrogens with one attached hydrogen (secondary N) is 1. The fourth-order valence-electron chi connectivity index (χ4n) is 2.80. The Hall–Kier alpha value is -0.620. The lowest BCUT2D eigenvalue weighted by Crippen LogP contribution is -2.46. The highest BCUT2D eigenvalue weighted by molar-refractivity contribution is 14.1. The highest BCUT2D eigenvalue weighted by Gasteiger charge is 2.26. The molecule has 2 rings (SSSR count). The molecule has 1 amide bonds. The third kappa shape index (κ3) is 3.52. The molecule has 1 heterocycles. The van der Waals surface area contributed by atoms with E-state index in [0.717, 1.165) is 53.6 Å². The molecule has 1 aromatic rings. The van der Waals surface area contributed by atoms with Crippen LogP contribution in [0.3, 0.4) is 0 Å². The van der Waals surface area contributed by atoms with E-state index in [1.807, 2.05) is 19.1 Å². The predicted molar refractivity (Wildman–Crippen MR) is 91.1 cm³/mol. The molecule has 4 heteroatoms. The van der Waals surface area contributed by atoms with Gasteiger partial charge in [-0.05, 0) is 79.6 Å². The molecular formula is C16H23IN2O. The molecular weight excluding hydrogens is 363 g/mol. The van der Waals surface area contributed by atoms with Crippen LogP contribution in [0.1, 0.15) is 42.1 Å². The number of hydrogen-bond acceptors (Lipinski definition) is 2. The molecule has 1 fully saturated rings. The zero-order valence-corrected chi connectivity index (χ0v) is 14.4. The second-order valence-corrected chi connectivity index (χ2v) is 6.55. The van der Waals surface area contributed by atoms with Gasteiger partial charge in [0.2, 0.25) is 0 Å². The summed E-state index contributed by atoms with van der Waals surface area (Å²) in [5.41, 5.74) is 1.97. The summed E-state index contributed by atoms with van der Waals surface area (Å²) in [7, 11) is 0. The first-order valence-corrected chi connectivity index (χ1v) is 8.49. The first-order valence-electron chi connectivity index (χ1n) is 7.42. The summed E-state index contributed by atoms with van der Waals surface area (Å²) in [5, 5.41) is 3.37. The molecule has 0 radical (unpaired) electrons. The predicted octanol–water partition coefficient (Wildman–Crippen LogP) is 3.20. The van der Waals surface area contributed by atoms with E-state index in [0.29, 0.717) is 6.04 Å². The standard InChI is InChI=1S/C16H23IN2O/c1-3-11-19(13-7-9-18-10-8-13)16(20)14-5-4-6-15(17)12(14)2/h4-6,13,18H,3,7-11H2,1-2H3. The molecule has 0 aliphatic carbocycles. The van der Waals surface area contributed by atoms with Crippen LogP contribution < -0.4 is 5.32 Å². The maximum absolute atomic E-state index is 12.9. The monoisotopic (exact) mass is 386 g/mol. The number of carbonyl (C=O) groups excluding carboxylic acids is 1. The molecule has 1 aromatic carbocycles. The second kappa shape index (κ2) is 7.41. The van der Waals surface area contributed by atoms with Gasteiger partial charge in [0.15, 0.2) is 0 Å². The largest absolute Gasteiger partial charge is 0.336 e. The minimum Gasteiger partial charge on any atom is -0.336 e. The zero-order valence-electron chi connectivity index (χ0n) is 12.3. The van der Waals surface area contributed by atoms with Crippen molar-refractivity contribution < 1.29 is 4.79 Å². The Morgan fingerprint density at radius 3 is 2.75 bits per heavy atom. The minimum absolute atomic E-state index is 0.203. The Morgan fingerprint density at radius 2 is 2.10 bits per heavy atom. The van der Waals surface area contributed by atoms with Crippen LogP contribution in [0.2, 0.25) is 0 Å². The maximum Gasteiger partial charge on any atom is 0.254 e. The Morgan fingerprint density at radius 1 is 1.40 bits per heavy atom. The van der Waals surface area contributed by atoms with E-state index in [1.54, 1.807) is 0 Å². The fraction of sp³-hybridized carbons (Fsp3) is 0.562. The molecule has 20 heavy (non-hydrogen) atoms. The highest BCUT2D eigenvalue weighted by Crippen LogP contribution is 2.21. The number of rotatable bonds is 4. The maximum atomic E-state index is 12.9. The van der Waals surface area contributed by atoms with Crippen molar-refractivity contribution in [3.05, 3.63) is 32.9 Å². The van der Waals surface area contributed by atoms with E-state index in [2.05, 4.69) is 45.8 Å². The Labute approximate surface area is 135 Å². The van der Waals surface area contributed by atoms with Crippen molar-refractivity contribution in [2.24, 2.45) is 0 Å². The quantitative estimate of drug-likeness (QED) is 0.807. The van der Waals surface area contributed by atoms with Gasteiger partial charge in [-0.15, -0.1) is 0 Å². The molecule has 1 aliphatic rings. The van der Waals surface area contributed by atoms with Crippen LogP contribution in [0.25, 0.3) is 0 Å². The Balaban J connectivity index is 2.23. The number of benzene rings is 1. The molecule has 3 nitrogen and oxygen atoms in total. The van der Waals surface area contributed by atoms with Crippen LogP contribution in [-0.2, 0) is 0 Å². The van der Waals surface area contributed by atoms with Gasteiger partial charge < -0.3 is 10.2 Å². The molecule has 1 aliphatic heterocycles. The number of nitrogens with zero attached hydrogens (tertiary/aromatic N) is 1. The lowest BCUT2D eigenvalue weighted by molar-refractivity contribution is 0.0642. The van der Waals surface area contributed by atoms with Gasteiger partial charge in [0, 0.05) is 21.7 Å². The minimum atomic E-state index is 0.203. The second-order valence-electron chi connectivity index (χ2n) is 5.39. The van der Waals surface area contributed by atoms with Gasteiger partial charge in [0.05, 0.1) is 0 Å². The topological polar surface area (TPSA) is 32.3 Å². The van der Waals surface area contributed by atoms with Crippen molar-refractivity contribution >= 4 is 28.5 Å². The summed E-state index contributed by atoms with van der Waals surface area (Å²) in [6.45, 7) is 7.08. The number of amides is 1. The molecule has 0 unspecified atom stereocenters. The normalized spacial score (nSPS) is 16.1. The lowest BCUT2D eigenvalue weighted by atomic mass is 10.0. The molecule has 1 N–H and O–H groups in total. The Bertz CT molecular complexity index is 470. The van der Waals surface area contributed by atoms with Crippen LogP contribution in [0, 0.1) is 10.5 Å². The molecule has 110 valence electrons. The lowest BCUT2D eigenvalue weighted by Gasteiger charge is -2.35. The number of halogens is 1. The summed E-state index contributed by atoms with van der Waals surface area (Å²) in [4.78, 5) is 15.0. The van der Waals surface area contributed by atoms with Gasteiger partial charge in [-0.3, -0.25) is 4.79 Å². The average molecular weight is 386 g/mol. The van der Waals surface area contributed by atoms with Crippen LogP contribution in [0.4, 0.5) is 0 Å². The van der Waals surface area contributed by atoms with Crippen LogP contribution in [0.15, 0.2) is 18.2 Å². The van der Waals surface area contributed by atoms with Gasteiger partial charge in [0.25, 0.3) is 5.91 Å². The van der Waals surface area contributed by atoms with Crippen molar-refractivity contribution in [1.82, 2.24) is 10.2 Å². The van der Waals surface area contributed by atoms with E-state index < -0.39 is 0 Å². The van der Waals surface area contributed by atoms with Crippen LogP contribution in [0.5, 0.6) is 0 Å². The molecule has 0 atom stereocenters. The van der Waals surface area contributed by atoms with Gasteiger partial charge in [0.1, 0.15) is 0 Å². The summed E-state index contributed by atoms with van der Waals surface area (Å²) in [6.07, 6.45) is 3.14. The summed E-state index contributed by atoms with van der Waals surface area (Å²) in [5.74, 6) is 0.203. The van der Waals surface area contributed by atoms with Crippen LogP contribution >= 0.6 is 22.6 Å². The molecule has 0 bridgehead atoms. The summed E-state index contributed by atoms with van der Waals surface area (Å²) >= 11 is 2.30. The first kappa shape index (κ1) is 15.8. The smallest absolute Gasteiger partial charge is 0.254 e. The third-order valence-electron chi connectivity index (χ3n) is 3.97. The van der Waals surface area contributed by atoms with E-state index >= 15 is 0 Å². The van der Waals surface area contributed by atoms with E-state index in [1.165, 1.54) is 0 Å². The number of hydrogen-bond donors (Lipinski definition) is 1. The zero-order chi connectivity index (χ0) is 14.5. The van der Waals surface area contributed by atoms with E-state index in [-0.39, 0.29) is 5.91 Å². The van der Waals surface area contributed by atoms with Gasteiger partial charge in [-0.2, -0.15) is 0 Å². The molecule has 1 saturated heterocycles. The number of carbonyl (C=O) groups is 1.